The lowest BCUT2D eigenvalue weighted by Crippen LogP contribution is -2.18. The monoisotopic (exact) mass is 405 g/mol. The molecule has 2 amide bonds. The number of thioether (sulfide) groups is 1. The van der Waals surface area contributed by atoms with Crippen molar-refractivity contribution in [3.63, 3.8) is 0 Å². The van der Waals surface area contributed by atoms with Gasteiger partial charge in [0.2, 0.25) is 5.91 Å². The third-order valence-corrected chi connectivity index (χ3v) is 5.16. The predicted molar refractivity (Wildman–Crippen MR) is 118 cm³/mol. The molecule has 0 unspecified atom stereocenters. The van der Waals surface area contributed by atoms with Crippen LogP contribution in [0.3, 0.4) is 0 Å². The fourth-order valence-corrected chi connectivity index (χ4v) is 3.33. The Balaban J connectivity index is 1.59. The van der Waals surface area contributed by atoms with Gasteiger partial charge in [0.05, 0.1) is 5.03 Å². The third kappa shape index (κ3) is 6.19. The number of carbonyl (C=O) groups excluding carboxylic acids is 2. The van der Waals surface area contributed by atoms with Gasteiger partial charge in [0.15, 0.2) is 0 Å². The number of amides is 2. The van der Waals surface area contributed by atoms with Crippen molar-refractivity contribution < 1.29 is 9.59 Å². The normalized spacial score (nSPS) is 10.6. The van der Waals surface area contributed by atoms with Crippen molar-refractivity contribution in [3.05, 3.63) is 84.1 Å². The fourth-order valence-electron chi connectivity index (χ4n) is 2.52. The van der Waals surface area contributed by atoms with Crippen LogP contribution in [0.4, 0.5) is 11.4 Å². The molecule has 0 bridgehead atoms. The molecule has 1 heterocycles. The number of benzene rings is 2. The molecule has 29 heavy (non-hydrogen) atoms. The smallest absolute Gasteiger partial charge is 0.255 e. The Labute approximate surface area is 175 Å². The van der Waals surface area contributed by atoms with Crippen molar-refractivity contribution in [2.75, 3.05) is 10.6 Å². The van der Waals surface area contributed by atoms with Crippen molar-refractivity contribution in [3.8, 4) is 0 Å². The van der Waals surface area contributed by atoms with Gasteiger partial charge in [-0.3, -0.25) is 9.59 Å². The van der Waals surface area contributed by atoms with Crippen LogP contribution in [0.1, 0.15) is 29.8 Å². The van der Waals surface area contributed by atoms with E-state index in [-0.39, 0.29) is 17.7 Å². The van der Waals surface area contributed by atoms with E-state index >= 15 is 0 Å². The average Bonchev–Trinajstić information content (AvgIpc) is 2.73. The Morgan fingerprint density at radius 2 is 1.72 bits per heavy atom. The van der Waals surface area contributed by atoms with E-state index in [4.69, 9.17) is 0 Å². The maximum Gasteiger partial charge on any atom is 0.255 e. The first-order valence-corrected chi connectivity index (χ1v) is 10.3. The number of carbonyl (C=O) groups is 2. The van der Waals surface area contributed by atoms with Crippen LogP contribution >= 0.6 is 11.8 Å². The standard InChI is InChI=1S/C23H23N3O2S/c1-16(2)22(27)25-19-11-9-18(10-12-19)23(28)26-20-7-5-6-17(14-20)15-29-21-8-3-4-13-24-21/h3-14,16H,15H2,1-2H3,(H,25,27)(H,26,28). The van der Waals surface area contributed by atoms with E-state index in [1.165, 1.54) is 0 Å². The zero-order chi connectivity index (χ0) is 20.6. The molecule has 0 radical (unpaired) electrons. The molecular weight excluding hydrogens is 382 g/mol. The van der Waals surface area contributed by atoms with Gasteiger partial charge in [0.25, 0.3) is 5.91 Å². The minimum Gasteiger partial charge on any atom is -0.326 e. The molecule has 148 valence electrons. The second-order valence-electron chi connectivity index (χ2n) is 6.83. The molecular formula is C23H23N3O2S. The molecule has 0 spiro atoms. The summed E-state index contributed by atoms with van der Waals surface area (Å²) in [6.45, 7) is 3.67. The van der Waals surface area contributed by atoms with Crippen LogP contribution in [-0.2, 0) is 10.5 Å². The number of anilines is 2. The average molecular weight is 406 g/mol. The summed E-state index contributed by atoms with van der Waals surface area (Å²) >= 11 is 1.65. The second-order valence-corrected chi connectivity index (χ2v) is 7.83. The van der Waals surface area contributed by atoms with Gasteiger partial charge in [0.1, 0.15) is 0 Å². The van der Waals surface area contributed by atoms with Crippen LogP contribution < -0.4 is 10.6 Å². The van der Waals surface area contributed by atoms with Gasteiger partial charge in [-0.1, -0.05) is 32.0 Å². The molecule has 0 aliphatic heterocycles. The minimum atomic E-state index is -0.193. The van der Waals surface area contributed by atoms with Crippen molar-refractivity contribution in [2.24, 2.45) is 5.92 Å². The van der Waals surface area contributed by atoms with Crippen molar-refractivity contribution in [1.82, 2.24) is 4.98 Å². The molecule has 0 aliphatic carbocycles. The Kier molecular flexibility index (Phi) is 7.03. The number of rotatable bonds is 7. The van der Waals surface area contributed by atoms with Crippen molar-refractivity contribution in [1.29, 1.82) is 0 Å². The lowest BCUT2D eigenvalue weighted by atomic mass is 10.1. The molecule has 2 aromatic carbocycles. The minimum absolute atomic E-state index is 0.0532. The second kappa shape index (κ2) is 9.89. The molecule has 0 saturated carbocycles. The molecule has 3 aromatic rings. The van der Waals surface area contributed by atoms with Gasteiger partial charge in [-0.15, -0.1) is 11.8 Å². The summed E-state index contributed by atoms with van der Waals surface area (Å²) in [5.41, 5.74) is 3.05. The molecule has 0 fully saturated rings. The SMILES string of the molecule is CC(C)C(=O)Nc1ccc(C(=O)Nc2cccc(CSc3ccccn3)c2)cc1. The lowest BCUT2D eigenvalue weighted by molar-refractivity contribution is -0.118. The highest BCUT2D eigenvalue weighted by Gasteiger charge is 2.09. The molecule has 0 aliphatic rings. The Bertz CT molecular complexity index is 973. The van der Waals surface area contributed by atoms with Gasteiger partial charge < -0.3 is 10.6 Å². The maximum absolute atomic E-state index is 12.5. The third-order valence-electron chi connectivity index (χ3n) is 4.15. The summed E-state index contributed by atoms with van der Waals surface area (Å²) in [5, 5.41) is 6.70. The highest BCUT2D eigenvalue weighted by atomic mass is 32.2. The molecule has 5 nitrogen and oxygen atoms in total. The number of aromatic nitrogens is 1. The number of hydrogen-bond donors (Lipinski definition) is 2. The van der Waals surface area contributed by atoms with Crippen LogP contribution in [0.15, 0.2) is 78.0 Å². The zero-order valence-corrected chi connectivity index (χ0v) is 17.2. The van der Waals surface area contributed by atoms with E-state index in [0.717, 1.165) is 22.0 Å². The molecule has 3 rings (SSSR count). The maximum atomic E-state index is 12.5. The highest BCUT2D eigenvalue weighted by Crippen LogP contribution is 2.22. The molecule has 1 aromatic heterocycles. The number of nitrogens with zero attached hydrogens (tertiary/aromatic N) is 1. The summed E-state index contributed by atoms with van der Waals surface area (Å²) in [6.07, 6.45) is 1.78. The lowest BCUT2D eigenvalue weighted by Gasteiger charge is -2.10. The number of hydrogen-bond acceptors (Lipinski definition) is 4. The van der Waals surface area contributed by atoms with Crippen LogP contribution in [0, 0.1) is 5.92 Å². The van der Waals surface area contributed by atoms with E-state index in [9.17, 15) is 9.59 Å². The summed E-state index contributed by atoms with van der Waals surface area (Å²) < 4.78 is 0. The highest BCUT2D eigenvalue weighted by molar-refractivity contribution is 7.98. The summed E-state index contributed by atoms with van der Waals surface area (Å²) in [6, 6.07) is 20.5. The molecule has 0 atom stereocenters. The summed E-state index contributed by atoms with van der Waals surface area (Å²) in [4.78, 5) is 28.6. The van der Waals surface area contributed by atoms with Crippen molar-refractivity contribution in [2.45, 2.75) is 24.6 Å². The van der Waals surface area contributed by atoms with E-state index in [1.807, 2.05) is 56.3 Å². The van der Waals surface area contributed by atoms with Crippen LogP contribution in [0.5, 0.6) is 0 Å². The predicted octanol–water partition coefficient (Wildman–Crippen LogP) is 5.22. The summed E-state index contributed by atoms with van der Waals surface area (Å²) in [7, 11) is 0. The van der Waals surface area contributed by atoms with Crippen LogP contribution in [0.25, 0.3) is 0 Å². The van der Waals surface area contributed by atoms with E-state index in [0.29, 0.717) is 11.3 Å². The first-order chi connectivity index (χ1) is 14.0. The van der Waals surface area contributed by atoms with Gasteiger partial charge in [-0.2, -0.15) is 0 Å². The van der Waals surface area contributed by atoms with Crippen molar-refractivity contribution >= 4 is 35.0 Å². The number of nitrogens with one attached hydrogen (secondary N) is 2. The largest absolute Gasteiger partial charge is 0.326 e. The Morgan fingerprint density at radius 1 is 0.931 bits per heavy atom. The van der Waals surface area contributed by atoms with E-state index in [2.05, 4.69) is 15.6 Å². The molecule has 6 heteroatoms. The number of pyridine rings is 1. The molecule has 2 N–H and O–H groups in total. The fraction of sp³-hybridized carbons (Fsp3) is 0.174. The Hall–Kier alpha value is -3.12. The van der Waals surface area contributed by atoms with Crippen LogP contribution in [0.2, 0.25) is 0 Å². The first kappa shape index (κ1) is 20.6. The quantitative estimate of drug-likeness (QED) is 0.529. The van der Waals surface area contributed by atoms with Gasteiger partial charge in [0, 0.05) is 34.8 Å². The van der Waals surface area contributed by atoms with Gasteiger partial charge in [-0.05, 0) is 54.1 Å². The summed E-state index contributed by atoms with van der Waals surface area (Å²) in [5.74, 6) is 0.426. The van der Waals surface area contributed by atoms with Crippen LogP contribution in [-0.4, -0.2) is 16.8 Å². The Morgan fingerprint density at radius 3 is 2.41 bits per heavy atom. The van der Waals surface area contributed by atoms with E-state index in [1.54, 1.807) is 42.2 Å². The van der Waals surface area contributed by atoms with Gasteiger partial charge in [-0.25, -0.2) is 4.98 Å². The first-order valence-electron chi connectivity index (χ1n) is 9.36. The zero-order valence-electron chi connectivity index (χ0n) is 16.4. The molecule has 0 saturated heterocycles. The van der Waals surface area contributed by atoms with Gasteiger partial charge >= 0.3 is 0 Å². The topological polar surface area (TPSA) is 71.1 Å². The van der Waals surface area contributed by atoms with E-state index < -0.39 is 0 Å².